The molecule has 1 aliphatic carbocycles. The highest BCUT2D eigenvalue weighted by Gasteiger charge is 2.52. The normalized spacial score (nSPS) is 14.0. The molecule has 5 heteroatoms. The van der Waals surface area contributed by atoms with Crippen LogP contribution in [0.1, 0.15) is 42.1 Å². The maximum atomic E-state index is 12.4. The van der Waals surface area contributed by atoms with E-state index < -0.39 is 5.41 Å². The molecule has 178 valence electrons. The van der Waals surface area contributed by atoms with Gasteiger partial charge >= 0.3 is 5.97 Å². The molecular formula is C30H29NO3S. The van der Waals surface area contributed by atoms with Crippen LogP contribution >= 0.6 is 11.8 Å². The minimum absolute atomic E-state index is 0.0998. The number of rotatable bonds is 9. The molecule has 0 amide bonds. The van der Waals surface area contributed by atoms with E-state index >= 15 is 0 Å². The highest BCUT2D eigenvalue weighted by molar-refractivity contribution is 7.97. The zero-order valence-corrected chi connectivity index (χ0v) is 20.9. The molecule has 4 aromatic rings. The van der Waals surface area contributed by atoms with Gasteiger partial charge in [-0.2, -0.15) is 11.8 Å². The molecule has 0 saturated heterocycles. The van der Waals surface area contributed by atoms with Gasteiger partial charge in [-0.3, -0.25) is 4.79 Å². The molecule has 0 radical (unpaired) electrons. The van der Waals surface area contributed by atoms with Gasteiger partial charge in [-0.25, -0.2) is 0 Å². The van der Waals surface area contributed by atoms with Crippen molar-refractivity contribution in [1.29, 1.82) is 0 Å². The zero-order chi connectivity index (χ0) is 24.3. The third-order valence-electron chi connectivity index (χ3n) is 6.68. The predicted molar refractivity (Wildman–Crippen MR) is 141 cm³/mol. The van der Waals surface area contributed by atoms with Crippen molar-refractivity contribution in [1.82, 2.24) is 5.16 Å². The average Bonchev–Trinajstić information content (AvgIpc) is 3.64. The molecule has 0 aliphatic heterocycles. The molecule has 35 heavy (non-hydrogen) atoms. The first kappa shape index (κ1) is 23.4. The lowest BCUT2D eigenvalue weighted by Crippen LogP contribution is -2.23. The number of benzene rings is 3. The minimum atomic E-state index is -0.433. The van der Waals surface area contributed by atoms with Crippen LogP contribution in [-0.2, 0) is 26.5 Å². The molecule has 3 aromatic carbocycles. The highest BCUT2D eigenvalue weighted by atomic mass is 32.2. The maximum Gasteiger partial charge on any atom is 0.316 e. The number of ether oxygens (including phenoxy) is 1. The SMILES string of the molecule is CCOC(=O)C1(c2ccc(-c3ccc(-c4onc(C)c4CSCc4ccccc4)cc3)cc2)CC1. The van der Waals surface area contributed by atoms with Gasteiger partial charge < -0.3 is 9.26 Å². The number of aryl methyl sites for hydroxylation is 1. The largest absolute Gasteiger partial charge is 0.465 e. The van der Waals surface area contributed by atoms with E-state index in [1.807, 2.05) is 31.7 Å². The van der Waals surface area contributed by atoms with E-state index in [9.17, 15) is 4.79 Å². The lowest BCUT2D eigenvalue weighted by Gasteiger charge is -2.14. The van der Waals surface area contributed by atoms with Crippen molar-refractivity contribution in [3.8, 4) is 22.5 Å². The lowest BCUT2D eigenvalue weighted by atomic mass is 9.93. The van der Waals surface area contributed by atoms with Gasteiger partial charge in [0.25, 0.3) is 0 Å². The minimum Gasteiger partial charge on any atom is -0.465 e. The monoisotopic (exact) mass is 483 g/mol. The van der Waals surface area contributed by atoms with Crippen molar-refractivity contribution >= 4 is 17.7 Å². The van der Waals surface area contributed by atoms with Crippen LogP contribution in [0.25, 0.3) is 22.5 Å². The Morgan fingerprint density at radius 1 is 0.914 bits per heavy atom. The fraction of sp³-hybridized carbons (Fsp3) is 0.267. The van der Waals surface area contributed by atoms with Crippen molar-refractivity contribution in [2.75, 3.05) is 6.61 Å². The number of aromatic nitrogens is 1. The van der Waals surface area contributed by atoms with Crippen molar-refractivity contribution in [3.05, 3.63) is 101 Å². The van der Waals surface area contributed by atoms with Gasteiger partial charge in [-0.15, -0.1) is 0 Å². The highest BCUT2D eigenvalue weighted by Crippen LogP contribution is 2.49. The Hall–Kier alpha value is -3.31. The first-order valence-electron chi connectivity index (χ1n) is 12.1. The van der Waals surface area contributed by atoms with Crippen molar-refractivity contribution in [3.63, 3.8) is 0 Å². The van der Waals surface area contributed by atoms with Crippen LogP contribution in [-0.4, -0.2) is 17.7 Å². The summed E-state index contributed by atoms with van der Waals surface area (Å²) in [7, 11) is 0. The fourth-order valence-electron chi connectivity index (χ4n) is 4.43. The van der Waals surface area contributed by atoms with Crippen LogP contribution in [0.2, 0.25) is 0 Å². The summed E-state index contributed by atoms with van der Waals surface area (Å²) >= 11 is 1.87. The third kappa shape index (κ3) is 4.92. The molecule has 1 heterocycles. The Kier molecular flexibility index (Phi) is 6.78. The number of hydrogen-bond acceptors (Lipinski definition) is 5. The van der Waals surface area contributed by atoms with Gasteiger partial charge in [0.15, 0.2) is 5.76 Å². The van der Waals surface area contributed by atoms with Crippen molar-refractivity contribution in [2.45, 2.75) is 43.6 Å². The number of esters is 1. The number of hydrogen-bond donors (Lipinski definition) is 0. The molecule has 1 saturated carbocycles. The summed E-state index contributed by atoms with van der Waals surface area (Å²) < 4.78 is 11.0. The van der Waals surface area contributed by atoms with Crippen LogP contribution in [0.4, 0.5) is 0 Å². The summed E-state index contributed by atoms with van der Waals surface area (Å²) in [6.45, 7) is 4.28. The number of thioether (sulfide) groups is 1. The van der Waals surface area contributed by atoms with Crippen LogP contribution in [0.3, 0.4) is 0 Å². The molecule has 5 rings (SSSR count). The van der Waals surface area contributed by atoms with E-state index in [2.05, 4.69) is 78.0 Å². The molecule has 0 atom stereocenters. The van der Waals surface area contributed by atoms with Crippen LogP contribution in [0, 0.1) is 6.92 Å². The summed E-state index contributed by atoms with van der Waals surface area (Å²) in [5, 5.41) is 4.24. The molecule has 0 N–H and O–H groups in total. The van der Waals surface area contributed by atoms with E-state index in [1.165, 1.54) is 5.56 Å². The van der Waals surface area contributed by atoms with Gasteiger partial charge in [0.1, 0.15) is 0 Å². The van der Waals surface area contributed by atoms with Crippen molar-refractivity contribution in [2.24, 2.45) is 0 Å². The van der Waals surface area contributed by atoms with Crippen molar-refractivity contribution < 1.29 is 14.1 Å². The molecule has 1 aliphatic rings. The van der Waals surface area contributed by atoms with Gasteiger partial charge in [-0.1, -0.05) is 84.0 Å². The molecule has 1 aromatic heterocycles. The summed E-state index contributed by atoms with van der Waals surface area (Å²) in [5.41, 5.74) is 7.29. The van der Waals surface area contributed by atoms with Gasteiger partial charge in [0, 0.05) is 22.6 Å². The number of carbonyl (C=O) groups is 1. The second-order valence-electron chi connectivity index (χ2n) is 9.01. The van der Waals surface area contributed by atoms with Crippen LogP contribution in [0.5, 0.6) is 0 Å². The first-order chi connectivity index (χ1) is 17.1. The molecule has 0 unspecified atom stereocenters. The standard InChI is InChI=1S/C30H29NO3S/c1-3-33-29(32)30(17-18-30)26-15-13-24(14-16-26)23-9-11-25(12-10-23)28-27(21(2)31-34-28)20-35-19-22-7-5-4-6-8-22/h4-16H,3,17-20H2,1-2H3. The second kappa shape index (κ2) is 10.1. The molecule has 4 nitrogen and oxygen atoms in total. The van der Waals surface area contributed by atoms with E-state index in [-0.39, 0.29) is 5.97 Å². The van der Waals surface area contributed by atoms with Gasteiger partial charge in [0.2, 0.25) is 0 Å². The second-order valence-corrected chi connectivity index (χ2v) is 10.00. The van der Waals surface area contributed by atoms with Gasteiger partial charge in [-0.05, 0) is 48.9 Å². The van der Waals surface area contributed by atoms with Gasteiger partial charge in [0.05, 0.1) is 17.7 Å². The predicted octanol–water partition coefficient (Wildman–Crippen LogP) is 7.35. The summed E-state index contributed by atoms with van der Waals surface area (Å²) in [4.78, 5) is 12.4. The van der Waals surface area contributed by atoms with Crippen LogP contribution < -0.4 is 0 Å². The Balaban J connectivity index is 1.29. The first-order valence-corrected chi connectivity index (χ1v) is 13.2. The molecule has 0 spiro atoms. The Morgan fingerprint density at radius 2 is 1.54 bits per heavy atom. The van der Waals surface area contributed by atoms with E-state index in [1.54, 1.807) is 0 Å². The van der Waals surface area contributed by atoms with Crippen LogP contribution in [0.15, 0.2) is 83.4 Å². The summed E-state index contributed by atoms with van der Waals surface area (Å²) in [6.07, 6.45) is 1.73. The molecular weight excluding hydrogens is 454 g/mol. The smallest absolute Gasteiger partial charge is 0.316 e. The number of nitrogens with zero attached hydrogens (tertiary/aromatic N) is 1. The Morgan fingerprint density at radius 3 is 2.17 bits per heavy atom. The summed E-state index contributed by atoms with van der Waals surface area (Å²) in [5.74, 6) is 2.55. The number of carbonyl (C=O) groups excluding carboxylic acids is 1. The van der Waals surface area contributed by atoms with E-state index in [0.717, 1.165) is 63.6 Å². The topological polar surface area (TPSA) is 52.3 Å². The maximum absolute atomic E-state index is 12.4. The average molecular weight is 484 g/mol. The molecule has 0 bridgehead atoms. The molecule has 1 fully saturated rings. The zero-order valence-electron chi connectivity index (χ0n) is 20.1. The third-order valence-corrected chi connectivity index (χ3v) is 7.71. The quantitative estimate of drug-likeness (QED) is 0.233. The van der Waals surface area contributed by atoms with E-state index in [0.29, 0.717) is 6.61 Å². The van der Waals surface area contributed by atoms with E-state index in [4.69, 9.17) is 9.26 Å². The Labute approximate surface area is 210 Å². The summed E-state index contributed by atoms with van der Waals surface area (Å²) in [6, 6.07) is 27.2. The lowest BCUT2D eigenvalue weighted by molar-refractivity contribution is -0.146. The Bertz CT molecular complexity index is 1290. The fourth-order valence-corrected chi connectivity index (χ4v) is 5.51.